The number of carbonyl (C=O) groups excluding carboxylic acids is 3. The van der Waals surface area contributed by atoms with Crippen LogP contribution in [-0.2, 0) is 25.7 Å². The van der Waals surface area contributed by atoms with Gasteiger partial charge in [0.05, 0.1) is 0 Å². The molecule has 0 unspecified atom stereocenters. The average Bonchev–Trinajstić information content (AvgIpc) is 2.60. The molecule has 1 saturated heterocycles. The summed E-state index contributed by atoms with van der Waals surface area (Å²) < 4.78 is 5.24. The number of amides is 2. The van der Waals surface area contributed by atoms with Crippen LogP contribution in [0.2, 0.25) is 0 Å². The lowest BCUT2D eigenvalue weighted by Gasteiger charge is -2.40. The monoisotopic (exact) mass is 346 g/mol. The number of esters is 1. The third-order valence-electron chi connectivity index (χ3n) is 4.68. The van der Waals surface area contributed by atoms with E-state index in [4.69, 9.17) is 4.74 Å². The fourth-order valence-electron chi connectivity index (χ4n) is 2.76. The SMILES string of the molecule is CC[C@H](C)N1CC(=O)N(CC(=O)OCc2ccc(C)cc2)[C@@H](C)C1=O. The van der Waals surface area contributed by atoms with Crippen LogP contribution in [-0.4, -0.2) is 52.8 Å². The smallest absolute Gasteiger partial charge is 0.326 e. The fraction of sp³-hybridized carbons (Fsp3) is 0.526. The molecule has 0 radical (unpaired) electrons. The molecule has 2 rings (SSSR count). The van der Waals surface area contributed by atoms with Crippen molar-refractivity contribution in [2.75, 3.05) is 13.1 Å². The number of ether oxygens (including phenoxy) is 1. The van der Waals surface area contributed by atoms with Gasteiger partial charge in [0, 0.05) is 6.04 Å². The quantitative estimate of drug-likeness (QED) is 0.738. The first-order valence-corrected chi connectivity index (χ1v) is 8.64. The second-order valence-corrected chi connectivity index (χ2v) is 6.57. The molecule has 1 aromatic rings. The summed E-state index contributed by atoms with van der Waals surface area (Å²) in [7, 11) is 0. The molecule has 136 valence electrons. The summed E-state index contributed by atoms with van der Waals surface area (Å²) >= 11 is 0. The predicted octanol–water partition coefficient (Wildman–Crippen LogP) is 1.90. The van der Waals surface area contributed by atoms with Crippen molar-refractivity contribution in [3.05, 3.63) is 35.4 Å². The number of rotatable bonds is 6. The summed E-state index contributed by atoms with van der Waals surface area (Å²) in [6.45, 7) is 7.50. The molecule has 6 nitrogen and oxygen atoms in total. The van der Waals surface area contributed by atoms with Crippen LogP contribution in [0.1, 0.15) is 38.3 Å². The Hall–Kier alpha value is -2.37. The Balaban J connectivity index is 1.92. The summed E-state index contributed by atoms with van der Waals surface area (Å²) in [5.41, 5.74) is 2.02. The van der Waals surface area contributed by atoms with Crippen molar-refractivity contribution in [1.29, 1.82) is 0 Å². The Bertz CT molecular complexity index is 641. The Morgan fingerprint density at radius 2 is 1.92 bits per heavy atom. The number of benzene rings is 1. The lowest BCUT2D eigenvalue weighted by atomic mass is 10.1. The van der Waals surface area contributed by atoms with Gasteiger partial charge in [0.1, 0.15) is 25.7 Å². The van der Waals surface area contributed by atoms with Crippen LogP contribution in [0.4, 0.5) is 0 Å². The van der Waals surface area contributed by atoms with Crippen LogP contribution in [0, 0.1) is 6.92 Å². The Kier molecular flexibility index (Phi) is 6.17. The molecular formula is C19H26N2O4. The van der Waals surface area contributed by atoms with E-state index in [9.17, 15) is 14.4 Å². The number of piperazine rings is 1. The Morgan fingerprint density at radius 3 is 2.52 bits per heavy atom. The largest absolute Gasteiger partial charge is 0.459 e. The van der Waals surface area contributed by atoms with Crippen LogP contribution in [0.5, 0.6) is 0 Å². The molecule has 0 saturated carbocycles. The van der Waals surface area contributed by atoms with Gasteiger partial charge >= 0.3 is 5.97 Å². The van der Waals surface area contributed by atoms with E-state index < -0.39 is 12.0 Å². The fourth-order valence-corrected chi connectivity index (χ4v) is 2.76. The van der Waals surface area contributed by atoms with Crippen molar-refractivity contribution >= 4 is 17.8 Å². The van der Waals surface area contributed by atoms with Crippen molar-refractivity contribution in [3.63, 3.8) is 0 Å². The van der Waals surface area contributed by atoms with Crippen molar-refractivity contribution in [1.82, 2.24) is 9.80 Å². The molecule has 6 heteroatoms. The van der Waals surface area contributed by atoms with Gasteiger partial charge in [-0.05, 0) is 32.8 Å². The topological polar surface area (TPSA) is 66.9 Å². The van der Waals surface area contributed by atoms with Gasteiger partial charge in [-0.15, -0.1) is 0 Å². The van der Waals surface area contributed by atoms with Crippen LogP contribution in [0.15, 0.2) is 24.3 Å². The van der Waals surface area contributed by atoms with Gasteiger partial charge in [-0.2, -0.15) is 0 Å². The third kappa shape index (κ3) is 4.59. The number of nitrogens with zero attached hydrogens (tertiary/aromatic N) is 2. The van der Waals surface area contributed by atoms with E-state index in [0.29, 0.717) is 0 Å². The zero-order valence-corrected chi connectivity index (χ0v) is 15.3. The van der Waals surface area contributed by atoms with E-state index in [0.717, 1.165) is 17.5 Å². The summed E-state index contributed by atoms with van der Waals surface area (Å²) in [5, 5.41) is 0. The first-order valence-electron chi connectivity index (χ1n) is 8.64. The van der Waals surface area contributed by atoms with Crippen molar-refractivity contribution in [3.8, 4) is 0 Å². The Morgan fingerprint density at radius 1 is 1.28 bits per heavy atom. The third-order valence-corrected chi connectivity index (χ3v) is 4.68. The molecule has 2 amide bonds. The normalized spacial score (nSPS) is 19.1. The molecule has 1 fully saturated rings. The molecule has 25 heavy (non-hydrogen) atoms. The van der Waals surface area contributed by atoms with E-state index >= 15 is 0 Å². The van der Waals surface area contributed by atoms with E-state index in [1.54, 1.807) is 11.8 Å². The minimum atomic E-state index is -0.651. The molecule has 0 spiro atoms. The zero-order chi connectivity index (χ0) is 18.6. The second-order valence-electron chi connectivity index (χ2n) is 6.57. The molecular weight excluding hydrogens is 320 g/mol. The van der Waals surface area contributed by atoms with Gasteiger partial charge in [0.25, 0.3) is 0 Å². The number of carbonyl (C=O) groups is 3. The Labute approximate surface area is 148 Å². The lowest BCUT2D eigenvalue weighted by Crippen LogP contribution is -2.61. The first kappa shape index (κ1) is 19.0. The van der Waals surface area contributed by atoms with Crippen molar-refractivity contribution in [2.45, 2.75) is 52.8 Å². The second kappa shape index (κ2) is 8.14. The van der Waals surface area contributed by atoms with Crippen LogP contribution < -0.4 is 0 Å². The maximum atomic E-state index is 12.5. The minimum Gasteiger partial charge on any atom is -0.459 e. The van der Waals surface area contributed by atoms with Gasteiger partial charge in [-0.25, -0.2) is 0 Å². The maximum Gasteiger partial charge on any atom is 0.326 e. The van der Waals surface area contributed by atoms with E-state index in [1.165, 1.54) is 4.90 Å². The highest BCUT2D eigenvalue weighted by atomic mass is 16.5. The first-order chi connectivity index (χ1) is 11.8. The molecule has 1 aliphatic heterocycles. The van der Waals surface area contributed by atoms with E-state index in [2.05, 4.69) is 0 Å². The summed E-state index contributed by atoms with van der Waals surface area (Å²) in [5.74, 6) is -0.856. The summed E-state index contributed by atoms with van der Waals surface area (Å²) in [4.78, 5) is 39.8. The van der Waals surface area contributed by atoms with Crippen LogP contribution in [0.25, 0.3) is 0 Å². The minimum absolute atomic E-state index is 0.00883. The van der Waals surface area contributed by atoms with Crippen molar-refractivity contribution in [2.24, 2.45) is 0 Å². The van der Waals surface area contributed by atoms with Crippen LogP contribution in [0.3, 0.4) is 0 Å². The molecule has 1 heterocycles. The molecule has 2 atom stereocenters. The van der Waals surface area contributed by atoms with Gasteiger partial charge in [-0.1, -0.05) is 36.8 Å². The number of hydrogen-bond acceptors (Lipinski definition) is 4. The maximum absolute atomic E-state index is 12.5. The van der Waals surface area contributed by atoms with Gasteiger partial charge in [-0.3, -0.25) is 14.4 Å². The van der Waals surface area contributed by atoms with E-state index in [-0.39, 0.29) is 37.6 Å². The molecule has 1 aliphatic rings. The average molecular weight is 346 g/mol. The van der Waals surface area contributed by atoms with Crippen molar-refractivity contribution < 1.29 is 19.1 Å². The van der Waals surface area contributed by atoms with Gasteiger partial charge < -0.3 is 14.5 Å². The number of hydrogen-bond donors (Lipinski definition) is 0. The zero-order valence-electron chi connectivity index (χ0n) is 15.3. The van der Waals surface area contributed by atoms with Gasteiger partial charge in [0.15, 0.2) is 0 Å². The number of aryl methyl sites for hydroxylation is 1. The molecule has 0 aliphatic carbocycles. The van der Waals surface area contributed by atoms with E-state index in [1.807, 2.05) is 45.0 Å². The highest BCUT2D eigenvalue weighted by Crippen LogP contribution is 2.16. The highest BCUT2D eigenvalue weighted by molar-refractivity contribution is 5.96. The molecule has 0 bridgehead atoms. The molecule has 1 aromatic carbocycles. The van der Waals surface area contributed by atoms with Crippen LogP contribution >= 0.6 is 0 Å². The van der Waals surface area contributed by atoms with Gasteiger partial charge in [0.2, 0.25) is 11.8 Å². The highest BCUT2D eigenvalue weighted by Gasteiger charge is 2.39. The molecule has 0 aromatic heterocycles. The summed E-state index contributed by atoms with van der Waals surface area (Å²) in [6.07, 6.45) is 0.782. The molecule has 0 N–H and O–H groups in total. The summed E-state index contributed by atoms with van der Waals surface area (Å²) in [6, 6.07) is 7.04. The predicted molar refractivity (Wildman–Crippen MR) is 93.6 cm³/mol. The standard InChI is InChI=1S/C19H26N2O4/c1-5-14(3)20-10-17(22)21(15(4)19(20)24)11-18(23)25-12-16-8-6-13(2)7-9-16/h6-9,14-15H,5,10-12H2,1-4H3/t14-,15-/m0/s1. The lowest BCUT2D eigenvalue weighted by molar-refractivity contribution is -0.162.